The van der Waals surface area contributed by atoms with Crippen molar-refractivity contribution >= 4 is 18.0 Å². The smallest absolute Gasteiger partial charge is 0.407 e. The van der Waals surface area contributed by atoms with E-state index < -0.39 is 23.7 Å². The normalized spacial score (nSPS) is 23.7. The standard InChI is InChI=1S/C26H28N2O6/c1-16(12-23(29)28-13-17-10-11-34-26(17,15-28)24(30)31)27-25(32)33-14-22-20-8-4-2-6-18(20)19-7-3-5-9-21(19)22/h2-9,16-17,22H,10-15H2,1H3,(H,27,32)(H,30,31)/t16-,17?,26?/m1/s1. The molecule has 178 valence electrons. The van der Waals surface area contributed by atoms with Crippen LogP contribution in [0.1, 0.15) is 36.8 Å². The molecule has 8 heteroatoms. The lowest BCUT2D eigenvalue weighted by Crippen LogP contribution is -2.46. The van der Waals surface area contributed by atoms with Crippen molar-refractivity contribution in [1.29, 1.82) is 0 Å². The van der Waals surface area contributed by atoms with Gasteiger partial charge in [-0.2, -0.15) is 0 Å². The van der Waals surface area contributed by atoms with E-state index in [0.29, 0.717) is 19.6 Å². The molecule has 2 unspecified atom stereocenters. The third kappa shape index (κ3) is 3.81. The van der Waals surface area contributed by atoms with Crippen molar-refractivity contribution in [2.75, 3.05) is 26.3 Å². The number of hydrogen-bond donors (Lipinski definition) is 2. The number of carboxylic acids is 1. The lowest BCUT2D eigenvalue weighted by molar-refractivity contribution is -0.161. The number of nitrogens with one attached hydrogen (secondary N) is 1. The summed E-state index contributed by atoms with van der Waals surface area (Å²) in [5, 5.41) is 12.3. The first-order chi connectivity index (χ1) is 16.4. The Morgan fingerprint density at radius 2 is 1.79 bits per heavy atom. The Kier molecular flexibility index (Phi) is 5.77. The summed E-state index contributed by atoms with van der Waals surface area (Å²) in [6.45, 7) is 2.75. The minimum Gasteiger partial charge on any atom is -0.479 e. The van der Waals surface area contributed by atoms with Gasteiger partial charge in [-0.25, -0.2) is 9.59 Å². The number of ether oxygens (including phenoxy) is 2. The largest absolute Gasteiger partial charge is 0.479 e. The molecular weight excluding hydrogens is 436 g/mol. The molecule has 0 radical (unpaired) electrons. The van der Waals surface area contributed by atoms with Gasteiger partial charge < -0.3 is 24.8 Å². The third-order valence-corrected chi connectivity index (χ3v) is 7.26. The fraction of sp³-hybridized carbons (Fsp3) is 0.423. The van der Waals surface area contributed by atoms with Crippen LogP contribution in [0.15, 0.2) is 48.5 Å². The highest BCUT2D eigenvalue weighted by Gasteiger charge is 2.57. The van der Waals surface area contributed by atoms with E-state index >= 15 is 0 Å². The quantitative estimate of drug-likeness (QED) is 0.681. The van der Waals surface area contributed by atoms with E-state index in [0.717, 1.165) is 22.3 Å². The summed E-state index contributed by atoms with van der Waals surface area (Å²) in [7, 11) is 0. The van der Waals surface area contributed by atoms with Gasteiger partial charge in [0.2, 0.25) is 5.91 Å². The summed E-state index contributed by atoms with van der Waals surface area (Å²) in [6, 6.07) is 15.8. The minimum atomic E-state index is -1.29. The van der Waals surface area contributed by atoms with Crippen molar-refractivity contribution in [1.82, 2.24) is 10.2 Å². The van der Waals surface area contributed by atoms with Crippen molar-refractivity contribution in [3.05, 3.63) is 59.7 Å². The van der Waals surface area contributed by atoms with Crippen molar-refractivity contribution in [2.24, 2.45) is 5.92 Å². The maximum absolute atomic E-state index is 12.8. The molecule has 3 aliphatic rings. The van der Waals surface area contributed by atoms with Crippen LogP contribution in [-0.4, -0.2) is 65.9 Å². The lowest BCUT2D eigenvalue weighted by atomic mass is 9.91. The van der Waals surface area contributed by atoms with E-state index in [1.165, 1.54) is 4.90 Å². The summed E-state index contributed by atoms with van der Waals surface area (Å²) in [4.78, 5) is 38.5. The molecule has 2 amide bonds. The second-order valence-electron chi connectivity index (χ2n) is 9.38. The summed E-state index contributed by atoms with van der Waals surface area (Å²) < 4.78 is 11.1. The Morgan fingerprint density at radius 1 is 1.15 bits per heavy atom. The number of amides is 2. The zero-order chi connectivity index (χ0) is 23.9. The van der Waals surface area contributed by atoms with Gasteiger partial charge in [-0.3, -0.25) is 4.79 Å². The molecule has 2 N–H and O–H groups in total. The fourth-order valence-corrected chi connectivity index (χ4v) is 5.54. The fourth-order valence-electron chi connectivity index (χ4n) is 5.54. The molecule has 2 saturated heterocycles. The second kappa shape index (κ2) is 8.76. The van der Waals surface area contributed by atoms with Gasteiger partial charge in [0.25, 0.3) is 0 Å². The molecule has 0 saturated carbocycles. The number of carbonyl (C=O) groups is 3. The van der Waals surface area contributed by atoms with Crippen LogP contribution in [-0.2, 0) is 19.1 Å². The highest BCUT2D eigenvalue weighted by molar-refractivity contribution is 5.84. The minimum absolute atomic E-state index is 0.0358. The highest BCUT2D eigenvalue weighted by atomic mass is 16.5. The van der Waals surface area contributed by atoms with Crippen LogP contribution in [0.2, 0.25) is 0 Å². The summed E-state index contributed by atoms with van der Waals surface area (Å²) >= 11 is 0. The number of rotatable bonds is 6. The lowest BCUT2D eigenvalue weighted by Gasteiger charge is -2.24. The molecule has 8 nitrogen and oxygen atoms in total. The number of fused-ring (bicyclic) bond motifs is 4. The summed E-state index contributed by atoms with van der Waals surface area (Å²) in [5.41, 5.74) is 3.29. The molecule has 1 aliphatic carbocycles. The van der Waals surface area contributed by atoms with Crippen molar-refractivity contribution in [3.63, 3.8) is 0 Å². The Hall–Kier alpha value is -3.39. The number of carbonyl (C=O) groups excluding carboxylic acids is 2. The first kappa shape index (κ1) is 22.4. The van der Waals surface area contributed by atoms with Gasteiger partial charge in [0.05, 0.1) is 6.54 Å². The Bertz CT molecular complexity index is 1090. The van der Waals surface area contributed by atoms with E-state index in [-0.39, 0.29) is 37.3 Å². The van der Waals surface area contributed by atoms with Gasteiger partial charge in [0.15, 0.2) is 5.60 Å². The van der Waals surface area contributed by atoms with E-state index in [1.54, 1.807) is 6.92 Å². The van der Waals surface area contributed by atoms with Crippen LogP contribution >= 0.6 is 0 Å². The van der Waals surface area contributed by atoms with Crippen molar-refractivity contribution in [3.8, 4) is 11.1 Å². The average molecular weight is 465 g/mol. The Morgan fingerprint density at radius 3 is 2.41 bits per heavy atom. The van der Waals surface area contributed by atoms with Crippen molar-refractivity contribution in [2.45, 2.75) is 37.3 Å². The van der Waals surface area contributed by atoms with Crippen LogP contribution < -0.4 is 5.32 Å². The monoisotopic (exact) mass is 464 g/mol. The number of alkyl carbamates (subject to hydrolysis) is 1. The maximum Gasteiger partial charge on any atom is 0.407 e. The summed E-state index contributed by atoms with van der Waals surface area (Å²) in [5.74, 6) is -1.45. The molecule has 0 aromatic heterocycles. The van der Waals surface area contributed by atoms with Crippen LogP contribution in [0.4, 0.5) is 4.79 Å². The second-order valence-corrected chi connectivity index (χ2v) is 9.38. The van der Waals surface area contributed by atoms with Gasteiger partial charge in [-0.15, -0.1) is 0 Å². The van der Waals surface area contributed by atoms with Gasteiger partial charge in [-0.05, 0) is 35.6 Å². The first-order valence-corrected chi connectivity index (χ1v) is 11.7. The molecule has 2 aromatic rings. The Labute approximate surface area is 197 Å². The highest BCUT2D eigenvalue weighted by Crippen LogP contribution is 2.44. The molecule has 0 spiro atoms. The topological polar surface area (TPSA) is 105 Å². The molecule has 2 aromatic carbocycles. The van der Waals surface area contributed by atoms with Gasteiger partial charge in [0.1, 0.15) is 6.61 Å². The van der Waals surface area contributed by atoms with E-state index in [2.05, 4.69) is 29.6 Å². The zero-order valence-corrected chi connectivity index (χ0v) is 19.0. The van der Waals surface area contributed by atoms with E-state index in [1.807, 2.05) is 24.3 Å². The number of benzene rings is 2. The van der Waals surface area contributed by atoms with Crippen LogP contribution in [0.25, 0.3) is 11.1 Å². The molecule has 2 aliphatic heterocycles. The Balaban J connectivity index is 1.15. The van der Waals surface area contributed by atoms with Crippen LogP contribution in [0, 0.1) is 5.92 Å². The van der Waals surface area contributed by atoms with Crippen LogP contribution in [0.3, 0.4) is 0 Å². The van der Waals surface area contributed by atoms with Gasteiger partial charge in [-0.1, -0.05) is 48.5 Å². The zero-order valence-electron chi connectivity index (χ0n) is 19.0. The predicted octanol–water partition coefficient (Wildman–Crippen LogP) is 3.01. The summed E-state index contributed by atoms with van der Waals surface area (Å²) in [6.07, 6.45) is 0.113. The predicted molar refractivity (Wildman–Crippen MR) is 123 cm³/mol. The molecule has 5 rings (SSSR count). The van der Waals surface area contributed by atoms with E-state index in [9.17, 15) is 19.5 Å². The number of nitrogens with zero attached hydrogens (tertiary/aromatic N) is 1. The molecule has 2 fully saturated rings. The average Bonchev–Trinajstić information content (AvgIpc) is 3.47. The molecule has 3 atom stereocenters. The molecule has 0 bridgehead atoms. The number of hydrogen-bond acceptors (Lipinski definition) is 5. The van der Waals surface area contributed by atoms with Gasteiger partial charge in [0, 0.05) is 37.5 Å². The van der Waals surface area contributed by atoms with Crippen molar-refractivity contribution < 1.29 is 29.0 Å². The van der Waals surface area contributed by atoms with Crippen LogP contribution in [0.5, 0.6) is 0 Å². The molecule has 34 heavy (non-hydrogen) atoms. The third-order valence-electron chi connectivity index (χ3n) is 7.26. The van der Waals surface area contributed by atoms with E-state index in [4.69, 9.17) is 9.47 Å². The first-order valence-electron chi connectivity index (χ1n) is 11.7. The number of carboxylic acid groups (broad SMARTS) is 1. The molecule has 2 heterocycles. The molecular formula is C26H28N2O6. The van der Waals surface area contributed by atoms with Gasteiger partial charge >= 0.3 is 12.1 Å². The SMILES string of the molecule is C[C@H](CC(=O)N1CC2CCOC2(C(=O)O)C1)NC(=O)OCC1c2ccccc2-c2ccccc21. The number of aliphatic carboxylic acids is 1. The maximum atomic E-state index is 12.8. The number of likely N-dealkylation sites (tertiary alicyclic amines) is 1.